The van der Waals surface area contributed by atoms with E-state index in [1.807, 2.05) is 35.0 Å². The Labute approximate surface area is 132 Å². The molecule has 0 aliphatic carbocycles. The molecule has 0 bridgehead atoms. The molecule has 3 rings (SSSR count). The molecular formula is C17H17BrN2O. The predicted molar refractivity (Wildman–Crippen MR) is 88.3 cm³/mol. The van der Waals surface area contributed by atoms with E-state index >= 15 is 0 Å². The van der Waals surface area contributed by atoms with Crippen LogP contribution in [0.3, 0.4) is 0 Å². The van der Waals surface area contributed by atoms with Crippen molar-refractivity contribution in [3.63, 3.8) is 0 Å². The van der Waals surface area contributed by atoms with Crippen molar-refractivity contribution in [2.75, 3.05) is 0 Å². The Kier molecular flexibility index (Phi) is 3.83. The van der Waals surface area contributed by atoms with E-state index in [9.17, 15) is 5.11 Å². The third-order valence-electron chi connectivity index (χ3n) is 3.62. The second-order valence-corrected chi connectivity index (χ2v) is 6.28. The molecule has 1 heterocycles. The third-order valence-corrected chi connectivity index (χ3v) is 4.24. The molecule has 0 aliphatic rings. The minimum atomic E-state index is -0.700. The Morgan fingerprint density at radius 3 is 2.52 bits per heavy atom. The molecule has 0 radical (unpaired) electrons. The van der Waals surface area contributed by atoms with Crippen LogP contribution in [-0.2, 0) is 0 Å². The summed E-state index contributed by atoms with van der Waals surface area (Å²) in [4.78, 5) is 0. The van der Waals surface area contributed by atoms with Gasteiger partial charge in [-0.15, -0.1) is 0 Å². The first-order valence-corrected chi connectivity index (χ1v) is 7.77. The molecule has 3 nitrogen and oxygen atoms in total. The monoisotopic (exact) mass is 344 g/mol. The van der Waals surface area contributed by atoms with E-state index in [0.29, 0.717) is 0 Å². The van der Waals surface area contributed by atoms with E-state index in [2.05, 4.69) is 47.0 Å². The maximum atomic E-state index is 10.8. The number of fused-ring (bicyclic) bond motifs is 1. The molecule has 1 aromatic heterocycles. The fraction of sp³-hybridized carbons (Fsp3) is 0.235. The molecule has 3 aromatic rings. The zero-order valence-corrected chi connectivity index (χ0v) is 13.6. The van der Waals surface area contributed by atoms with Crippen molar-refractivity contribution in [3.8, 4) is 0 Å². The number of nitrogens with zero attached hydrogens (tertiary/aromatic N) is 2. The van der Waals surface area contributed by atoms with E-state index in [0.717, 1.165) is 21.1 Å². The van der Waals surface area contributed by atoms with Gasteiger partial charge in [0.05, 0.1) is 16.4 Å². The lowest BCUT2D eigenvalue weighted by atomic mass is 10.0. The van der Waals surface area contributed by atoms with Crippen molar-refractivity contribution in [1.29, 1.82) is 0 Å². The van der Waals surface area contributed by atoms with Crippen LogP contribution in [0.4, 0.5) is 0 Å². The Morgan fingerprint density at radius 2 is 1.81 bits per heavy atom. The van der Waals surface area contributed by atoms with E-state index in [-0.39, 0.29) is 6.04 Å². The van der Waals surface area contributed by atoms with Crippen molar-refractivity contribution in [1.82, 2.24) is 9.78 Å². The van der Waals surface area contributed by atoms with Gasteiger partial charge in [0.25, 0.3) is 0 Å². The van der Waals surface area contributed by atoms with E-state index in [4.69, 9.17) is 0 Å². The lowest BCUT2D eigenvalue weighted by Gasteiger charge is -2.17. The van der Waals surface area contributed by atoms with Gasteiger partial charge in [-0.25, -0.2) is 0 Å². The van der Waals surface area contributed by atoms with Gasteiger partial charge in [-0.05, 0) is 52.2 Å². The molecule has 0 saturated carbocycles. The van der Waals surface area contributed by atoms with E-state index < -0.39 is 6.10 Å². The first-order chi connectivity index (χ1) is 10.1. The van der Waals surface area contributed by atoms with E-state index in [1.165, 1.54) is 5.39 Å². The Morgan fingerprint density at radius 1 is 1.10 bits per heavy atom. The first kappa shape index (κ1) is 14.3. The van der Waals surface area contributed by atoms with Crippen LogP contribution in [0.25, 0.3) is 10.8 Å². The van der Waals surface area contributed by atoms with Gasteiger partial charge in [-0.3, -0.25) is 4.68 Å². The van der Waals surface area contributed by atoms with Gasteiger partial charge >= 0.3 is 0 Å². The summed E-state index contributed by atoms with van der Waals surface area (Å²) < 4.78 is 2.68. The SMILES string of the molecule is CC(C)n1ncc(Br)c1C(O)c1ccc2ccccc2c1. The van der Waals surface area contributed by atoms with Gasteiger partial charge in [0.2, 0.25) is 0 Å². The van der Waals surface area contributed by atoms with Crippen LogP contribution in [0.2, 0.25) is 0 Å². The molecule has 1 unspecified atom stereocenters. The average Bonchev–Trinajstić information content (AvgIpc) is 2.88. The van der Waals surface area contributed by atoms with Gasteiger partial charge in [0, 0.05) is 6.04 Å². The van der Waals surface area contributed by atoms with Crippen molar-refractivity contribution in [2.45, 2.75) is 26.0 Å². The van der Waals surface area contributed by atoms with Crippen molar-refractivity contribution < 1.29 is 5.11 Å². The second kappa shape index (κ2) is 5.62. The highest BCUT2D eigenvalue weighted by molar-refractivity contribution is 9.10. The molecule has 2 aromatic carbocycles. The minimum Gasteiger partial charge on any atom is -0.382 e. The Hall–Kier alpha value is -1.65. The number of halogens is 1. The number of hydrogen-bond donors (Lipinski definition) is 1. The van der Waals surface area contributed by atoms with Crippen LogP contribution in [0, 0.1) is 0 Å². The number of aromatic nitrogens is 2. The molecule has 1 N–H and O–H groups in total. The van der Waals surface area contributed by atoms with Crippen LogP contribution >= 0.6 is 15.9 Å². The molecule has 0 fully saturated rings. The van der Waals surface area contributed by atoms with Gasteiger partial charge < -0.3 is 5.11 Å². The summed E-state index contributed by atoms with van der Waals surface area (Å²) in [5, 5.41) is 17.4. The summed E-state index contributed by atoms with van der Waals surface area (Å²) in [5.41, 5.74) is 1.66. The number of aliphatic hydroxyl groups excluding tert-OH is 1. The number of hydrogen-bond acceptors (Lipinski definition) is 2. The summed E-state index contributed by atoms with van der Waals surface area (Å²) >= 11 is 3.49. The lowest BCUT2D eigenvalue weighted by molar-refractivity contribution is 0.204. The normalized spacial score (nSPS) is 13.0. The molecule has 0 spiro atoms. The summed E-state index contributed by atoms with van der Waals surface area (Å²) in [5.74, 6) is 0. The summed E-state index contributed by atoms with van der Waals surface area (Å²) in [6.07, 6.45) is 1.04. The predicted octanol–water partition coefficient (Wildman–Crippen LogP) is 4.46. The zero-order chi connectivity index (χ0) is 15.0. The van der Waals surface area contributed by atoms with Crippen molar-refractivity contribution in [2.24, 2.45) is 0 Å². The fourth-order valence-corrected chi connectivity index (χ4v) is 3.04. The number of rotatable bonds is 3. The molecular weight excluding hydrogens is 328 g/mol. The van der Waals surface area contributed by atoms with Gasteiger partial charge in [0.1, 0.15) is 6.10 Å². The molecule has 21 heavy (non-hydrogen) atoms. The van der Waals surface area contributed by atoms with Crippen LogP contribution in [0.1, 0.15) is 37.3 Å². The van der Waals surface area contributed by atoms with Crippen LogP contribution in [0.15, 0.2) is 53.1 Å². The topological polar surface area (TPSA) is 38.0 Å². The Bertz CT molecular complexity index is 779. The molecule has 4 heteroatoms. The maximum absolute atomic E-state index is 10.8. The molecule has 108 valence electrons. The fourth-order valence-electron chi connectivity index (χ4n) is 2.55. The molecule has 0 amide bonds. The third kappa shape index (κ3) is 2.61. The maximum Gasteiger partial charge on any atom is 0.122 e. The largest absolute Gasteiger partial charge is 0.382 e. The van der Waals surface area contributed by atoms with Gasteiger partial charge in [0.15, 0.2) is 0 Å². The zero-order valence-electron chi connectivity index (χ0n) is 12.0. The van der Waals surface area contributed by atoms with Gasteiger partial charge in [-0.2, -0.15) is 5.10 Å². The number of benzene rings is 2. The average molecular weight is 345 g/mol. The lowest BCUT2D eigenvalue weighted by Crippen LogP contribution is -2.12. The molecule has 1 atom stereocenters. The van der Waals surface area contributed by atoms with Crippen LogP contribution in [0.5, 0.6) is 0 Å². The number of aliphatic hydroxyl groups is 1. The first-order valence-electron chi connectivity index (χ1n) is 6.97. The van der Waals surface area contributed by atoms with Crippen molar-refractivity contribution >= 4 is 26.7 Å². The highest BCUT2D eigenvalue weighted by atomic mass is 79.9. The Balaban J connectivity index is 2.08. The standard InChI is InChI=1S/C17H17BrN2O/c1-11(2)20-16(15(18)10-19-20)17(21)14-8-7-12-5-3-4-6-13(12)9-14/h3-11,17,21H,1-2H3. The van der Waals surface area contributed by atoms with Gasteiger partial charge in [-0.1, -0.05) is 36.4 Å². The summed E-state index contributed by atoms with van der Waals surface area (Å²) in [7, 11) is 0. The van der Waals surface area contributed by atoms with Crippen molar-refractivity contribution in [3.05, 3.63) is 64.4 Å². The highest BCUT2D eigenvalue weighted by Gasteiger charge is 2.21. The van der Waals surface area contributed by atoms with Crippen LogP contribution < -0.4 is 0 Å². The second-order valence-electron chi connectivity index (χ2n) is 5.43. The smallest absolute Gasteiger partial charge is 0.122 e. The molecule has 0 saturated heterocycles. The van der Waals surface area contributed by atoms with Crippen LogP contribution in [-0.4, -0.2) is 14.9 Å². The minimum absolute atomic E-state index is 0.196. The highest BCUT2D eigenvalue weighted by Crippen LogP contribution is 2.31. The quantitative estimate of drug-likeness (QED) is 0.761. The summed E-state index contributed by atoms with van der Waals surface area (Å²) in [6.45, 7) is 4.10. The van der Waals surface area contributed by atoms with E-state index in [1.54, 1.807) is 6.20 Å². The summed E-state index contributed by atoms with van der Waals surface area (Å²) in [6, 6.07) is 14.4. The molecule has 0 aliphatic heterocycles.